The van der Waals surface area contributed by atoms with E-state index in [1.165, 1.54) is 23.4 Å². The highest BCUT2D eigenvalue weighted by Gasteiger charge is 2.29. The fourth-order valence-electron chi connectivity index (χ4n) is 3.05. The molecule has 0 aromatic heterocycles. The molecule has 1 atom stereocenters. The summed E-state index contributed by atoms with van der Waals surface area (Å²) in [5, 5.41) is 11.4. The lowest BCUT2D eigenvalue weighted by Crippen LogP contribution is -2.38. The fourth-order valence-corrected chi connectivity index (χ4v) is 4.53. The third-order valence-corrected chi connectivity index (χ3v) is 6.59. The Bertz CT molecular complexity index is 801. The number of nitro groups is 1. The third kappa shape index (κ3) is 4.56. The quantitative estimate of drug-likeness (QED) is 0.488. The molecule has 1 aliphatic rings. The van der Waals surface area contributed by atoms with E-state index >= 15 is 0 Å². The van der Waals surface area contributed by atoms with E-state index in [4.69, 9.17) is 4.74 Å². The minimum absolute atomic E-state index is 0.126. The lowest BCUT2D eigenvalue weighted by Gasteiger charge is -2.21. The van der Waals surface area contributed by atoms with E-state index in [1.54, 1.807) is 18.7 Å². The van der Waals surface area contributed by atoms with Crippen LogP contribution in [0.5, 0.6) is 5.75 Å². The van der Waals surface area contributed by atoms with Crippen LogP contribution in [-0.4, -0.2) is 60.7 Å². The molecular weight excluding hydrogens is 374 g/mol. The van der Waals surface area contributed by atoms with Gasteiger partial charge in [0, 0.05) is 32.2 Å². The van der Waals surface area contributed by atoms with Crippen molar-refractivity contribution in [2.45, 2.75) is 44.6 Å². The molecule has 2 rings (SSSR count). The molecule has 27 heavy (non-hydrogen) atoms. The van der Waals surface area contributed by atoms with Crippen LogP contribution < -0.4 is 4.74 Å². The van der Waals surface area contributed by atoms with E-state index in [0.29, 0.717) is 13.1 Å². The summed E-state index contributed by atoms with van der Waals surface area (Å²) in [6.45, 7) is 6.73. The standard InChI is InChI=1S/C17H25N3O6S/c1-4-19(5-2)27(24,25)14-8-9-16(15(12-14)20(22)23)26-13(3)17(21)18-10-6-7-11-18/h8-9,12-13H,4-7,10-11H2,1-3H3/t13-/m1/s1. The van der Waals surface area contributed by atoms with Crippen LogP contribution in [0.25, 0.3) is 0 Å². The number of rotatable bonds is 8. The first-order valence-electron chi connectivity index (χ1n) is 8.96. The van der Waals surface area contributed by atoms with Gasteiger partial charge in [0.15, 0.2) is 11.9 Å². The van der Waals surface area contributed by atoms with Crippen LogP contribution in [0.2, 0.25) is 0 Å². The first kappa shape index (κ1) is 21.1. The molecule has 1 aromatic carbocycles. The maximum absolute atomic E-state index is 12.6. The van der Waals surface area contributed by atoms with Crippen LogP contribution in [0.15, 0.2) is 23.1 Å². The predicted octanol–water partition coefficient (Wildman–Crippen LogP) is 2.02. The number of carbonyl (C=O) groups is 1. The molecule has 0 unspecified atom stereocenters. The molecule has 9 nitrogen and oxygen atoms in total. The Labute approximate surface area is 159 Å². The highest BCUT2D eigenvalue weighted by molar-refractivity contribution is 7.89. The Morgan fingerprint density at radius 2 is 1.89 bits per heavy atom. The molecule has 1 amide bonds. The average molecular weight is 399 g/mol. The second-order valence-electron chi connectivity index (χ2n) is 6.27. The largest absolute Gasteiger partial charge is 0.474 e. The Kier molecular flexibility index (Phi) is 6.77. The number of nitro benzene ring substituents is 1. The molecule has 0 aliphatic carbocycles. The molecule has 0 bridgehead atoms. The average Bonchev–Trinajstić information content (AvgIpc) is 3.16. The molecule has 1 aromatic rings. The normalized spacial score (nSPS) is 15.8. The summed E-state index contributed by atoms with van der Waals surface area (Å²) in [6, 6.07) is 3.49. The van der Waals surface area contributed by atoms with E-state index in [9.17, 15) is 23.3 Å². The molecule has 10 heteroatoms. The van der Waals surface area contributed by atoms with Gasteiger partial charge in [0.1, 0.15) is 0 Å². The number of ether oxygens (including phenoxy) is 1. The second-order valence-corrected chi connectivity index (χ2v) is 8.21. The molecular formula is C17H25N3O6S. The highest BCUT2D eigenvalue weighted by atomic mass is 32.2. The second kappa shape index (κ2) is 8.66. The van der Waals surface area contributed by atoms with Gasteiger partial charge in [-0.05, 0) is 31.9 Å². The zero-order valence-electron chi connectivity index (χ0n) is 15.8. The summed E-state index contributed by atoms with van der Waals surface area (Å²) in [7, 11) is -3.83. The minimum atomic E-state index is -3.83. The number of nitrogens with zero attached hydrogens (tertiary/aromatic N) is 3. The first-order valence-corrected chi connectivity index (χ1v) is 10.4. The molecule has 1 heterocycles. The van der Waals surface area contributed by atoms with E-state index in [-0.39, 0.29) is 29.6 Å². The Morgan fingerprint density at radius 1 is 1.30 bits per heavy atom. The Hall–Kier alpha value is -2.20. The molecule has 1 fully saturated rings. The maximum atomic E-state index is 12.6. The number of likely N-dealkylation sites (tertiary alicyclic amines) is 1. The number of benzene rings is 1. The first-order chi connectivity index (χ1) is 12.7. The minimum Gasteiger partial charge on any atom is -0.474 e. The maximum Gasteiger partial charge on any atom is 0.312 e. The van der Waals surface area contributed by atoms with Crippen molar-refractivity contribution >= 4 is 21.6 Å². The molecule has 1 aliphatic heterocycles. The fraction of sp³-hybridized carbons (Fsp3) is 0.588. The summed E-state index contributed by atoms with van der Waals surface area (Å²) in [4.78, 5) is 24.6. The van der Waals surface area contributed by atoms with Gasteiger partial charge in [-0.1, -0.05) is 13.8 Å². The van der Waals surface area contributed by atoms with Gasteiger partial charge in [-0.2, -0.15) is 4.31 Å². The third-order valence-electron chi connectivity index (χ3n) is 4.54. The monoisotopic (exact) mass is 399 g/mol. The van der Waals surface area contributed by atoms with Crippen LogP contribution in [0.3, 0.4) is 0 Å². The van der Waals surface area contributed by atoms with Gasteiger partial charge in [-0.3, -0.25) is 14.9 Å². The van der Waals surface area contributed by atoms with Gasteiger partial charge < -0.3 is 9.64 Å². The molecule has 1 saturated heterocycles. The Balaban J connectivity index is 2.30. The summed E-state index contributed by atoms with van der Waals surface area (Å²) in [5.74, 6) is -0.361. The van der Waals surface area contributed by atoms with Gasteiger partial charge in [0.25, 0.3) is 5.91 Å². The van der Waals surface area contributed by atoms with Crippen molar-refractivity contribution in [1.82, 2.24) is 9.21 Å². The lowest BCUT2D eigenvalue weighted by molar-refractivity contribution is -0.386. The van der Waals surface area contributed by atoms with Crippen LogP contribution >= 0.6 is 0 Å². The molecule has 150 valence electrons. The molecule has 0 spiro atoms. The Morgan fingerprint density at radius 3 is 2.41 bits per heavy atom. The topological polar surface area (TPSA) is 110 Å². The van der Waals surface area contributed by atoms with Gasteiger partial charge in [-0.25, -0.2) is 8.42 Å². The highest BCUT2D eigenvalue weighted by Crippen LogP contribution is 2.32. The van der Waals surface area contributed by atoms with Crippen molar-refractivity contribution in [1.29, 1.82) is 0 Å². The number of carbonyl (C=O) groups excluding carboxylic acids is 1. The zero-order valence-corrected chi connectivity index (χ0v) is 16.6. The zero-order chi connectivity index (χ0) is 20.2. The predicted molar refractivity (Wildman–Crippen MR) is 99.1 cm³/mol. The van der Waals surface area contributed by atoms with Crippen molar-refractivity contribution in [3.8, 4) is 5.75 Å². The van der Waals surface area contributed by atoms with E-state index < -0.39 is 26.7 Å². The summed E-state index contributed by atoms with van der Waals surface area (Å²) in [5.41, 5.74) is -0.482. The van der Waals surface area contributed by atoms with Crippen molar-refractivity contribution in [3.63, 3.8) is 0 Å². The van der Waals surface area contributed by atoms with Gasteiger partial charge in [0.05, 0.1) is 9.82 Å². The molecule has 0 radical (unpaired) electrons. The summed E-state index contributed by atoms with van der Waals surface area (Å²) in [6.07, 6.45) is 0.958. The summed E-state index contributed by atoms with van der Waals surface area (Å²) >= 11 is 0. The van der Waals surface area contributed by atoms with E-state index in [1.807, 2.05) is 0 Å². The number of hydrogen-bond donors (Lipinski definition) is 0. The van der Waals surface area contributed by atoms with Gasteiger partial charge in [0.2, 0.25) is 10.0 Å². The SMILES string of the molecule is CCN(CC)S(=O)(=O)c1ccc(O[C@H](C)C(=O)N2CCCC2)c([N+](=O)[O-])c1. The van der Waals surface area contributed by atoms with Gasteiger partial charge >= 0.3 is 5.69 Å². The molecule has 0 N–H and O–H groups in total. The smallest absolute Gasteiger partial charge is 0.312 e. The molecule has 0 saturated carbocycles. The number of sulfonamides is 1. The van der Waals surface area contributed by atoms with Crippen LogP contribution in [0, 0.1) is 10.1 Å². The number of hydrogen-bond acceptors (Lipinski definition) is 6. The lowest BCUT2D eigenvalue weighted by atomic mass is 10.3. The van der Waals surface area contributed by atoms with Crippen LogP contribution in [0.1, 0.15) is 33.6 Å². The van der Waals surface area contributed by atoms with Crippen LogP contribution in [0.4, 0.5) is 5.69 Å². The van der Waals surface area contributed by atoms with E-state index in [2.05, 4.69) is 0 Å². The van der Waals surface area contributed by atoms with E-state index in [0.717, 1.165) is 18.9 Å². The van der Waals surface area contributed by atoms with Crippen molar-refractivity contribution in [3.05, 3.63) is 28.3 Å². The summed E-state index contributed by atoms with van der Waals surface area (Å²) < 4.78 is 31.9. The van der Waals surface area contributed by atoms with Crippen molar-refractivity contribution in [2.75, 3.05) is 26.2 Å². The van der Waals surface area contributed by atoms with Crippen LogP contribution in [-0.2, 0) is 14.8 Å². The van der Waals surface area contributed by atoms with Crippen molar-refractivity contribution < 1.29 is 22.9 Å². The van der Waals surface area contributed by atoms with Crippen molar-refractivity contribution in [2.24, 2.45) is 0 Å². The number of amides is 1. The van der Waals surface area contributed by atoms with Gasteiger partial charge in [-0.15, -0.1) is 0 Å².